The van der Waals surface area contributed by atoms with Crippen molar-refractivity contribution >= 4 is 16.9 Å². The third kappa shape index (κ3) is 2.98. The summed E-state index contributed by atoms with van der Waals surface area (Å²) in [6, 6.07) is 0.565. The number of rotatable bonds is 4. The van der Waals surface area contributed by atoms with Gasteiger partial charge >= 0.3 is 0 Å². The van der Waals surface area contributed by atoms with E-state index in [-0.39, 0.29) is 0 Å². The third-order valence-electron chi connectivity index (χ3n) is 2.57. The van der Waals surface area contributed by atoms with E-state index < -0.39 is 0 Å². The van der Waals surface area contributed by atoms with Crippen LogP contribution in [0.4, 0.5) is 0 Å². The minimum absolute atomic E-state index is 0.565. The molecule has 2 heterocycles. The van der Waals surface area contributed by atoms with Crippen molar-refractivity contribution in [1.82, 2.24) is 20.3 Å². The van der Waals surface area contributed by atoms with Crippen LogP contribution in [-0.4, -0.2) is 38.5 Å². The molecule has 1 fully saturated rings. The Bertz CT molecular complexity index is 346. The van der Waals surface area contributed by atoms with Crippen LogP contribution < -0.4 is 5.32 Å². The molecule has 16 heavy (non-hydrogen) atoms. The molecule has 1 atom stereocenters. The standard InChI is InChI=1S/C10H17N5S/c1-8(2)9-7-16-10(13-9)11-3-5-15-6-4-12-14-15/h4,6,8-9H,3,5,7H2,1-2H3,(H,11,13)/t9-/m1/s1. The largest absolute Gasteiger partial charge is 0.361 e. The molecule has 1 aromatic heterocycles. The molecule has 0 spiro atoms. The van der Waals surface area contributed by atoms with Crippen LogP contribution in [-0.2, 0) is 6.54 Å². The van der Waals surface area contributed by atoms with Gasteiger partial charge in [-0.05, 0) is 5.92 Å². The molecule has 0 radical (unpaired) electrons. The summed E-state index contributed by atoms with van der Waals surface area (Å²) in [5, 5.41) is 12.2. The summed E-state index contributed by atoms with van der Waals surface area (Å²) in [5.74, 6) is 1.79. The number of nitrogens with one attached hydrogen (secondary N) is 1. The number of thioether (sulfide) groups is 1. The van der Waals surface area contributed by atoms with Gasteiger partial charge in [0, 0.05) is 18.0 Å². The number of aromatic nitrogens is 3. The molecule has 0 aromatic carbocycles. The van der Waals surface area contributed by atoms with E-state index in [0.29, 0.717) is 12.0 Å². The summed E-state index contributed by atoms with van der Waals surface area (Å²) in [7, 11) is 0. The minimum atomic E-state index is 0.565. The van der Waals surface area contributed by atoms with E-state index in [2.05, 4.69) is 34.5 Å². The molecule has 0 bridgehead atoms. The van der Waals surface area contributed by atoms with E-state index >= 15 is 0 Å². The first-order chi connectivity index (χ1) is 7.75. The Morgan fingerprint density at radius 2 is 2.56 bits per heavy atom. The number of aliphatic imine (C=N–C) groups is 1. The van der Waals surface area contributed by atoms with Gasteiger partial charge in [-0.15, -0.1) is 5.10 Å². The molecule has 88 valence electrons. The Hall–Kier alpha value is -1.04. The van der Waals surface area contributed by atoms with E-state index in [9.17, 15) is 0 Å². The van der Waals surface area contributed by atoms with Gasteiger partial charge in [-0.2, -0.15) is 0 Å². The van der Waals surface area contributed by atoms with Gasteiger partial charge < -0.3 is 5.32 Å². The molecular formula is C10H17N5S. The summed E-state index contributed by atoms with van der Waals surface area (Å²) >= 11 is 1.81. The van der Waals surface area contributed by atoms with Crippen molar-refractivity contribution in [1.29, 1.82) is 0 Å². The number of hydrogen-bond donors (Lipinski definition) is 1. The average Bonchev–Trinajstić information content (AvgIpc) is 2.87. The predicted octanol–water partition coefficient (Wildman–Crippen LogP) is 0.995. The molecule has 0 unspecified atom stereocenters. The molecule has 5 nitrogen and oxygen atoms in total. The second kappa shape index (κ2) is 5.34. The van der Waals surface area contributed by atoms with Crippen molar-refractivity contribution < 1.29 is 0 Å². The zero-order valence-electron chi connectivity index (χ0n) is 9.63. The van der Waals surface area contributed by atoms with E-state index in [1.54, 1.807) is 10.9 Å². The highest BCUT2D eigenvalue weighted by Crippen LogP contribution is 2.18. The Balaban J connectivity index is 1.77. The lowest BCUT2D eigenvalue weighted by Crippen LogP contribution is -2.31. The maximum atomic E-state index is 4.51. The summed E-state index contributed by atoms with van der Waals surface area (Å²) in [6.45, 7) is 6.01. The summed E-state index contributed by atoms with van der Waals surface area (Å²) < 4.78 is 1.80. The second-order valence-corrected chi connectivity index (χ2v) is 5.17. The zero-order chi connectivity index (χ0) is 11.4. The Labute approximate surface area is 99.7 Å². The molecule has 0 aliphatic carbocycles. The van der Waals surface area contributed by atoms with Crippen LogP contribution in [0.1, 0.15) is 13.8 Å². The average molecular weight is 239 g/mol. The van der Waals surface area contributed by atoms with Gasteiger partial charge in [0.15, 0.2) is 5.17 Å². The van der Waals surface area contributed by atoms with Gasteiger partial charge in [0.25, 0.3) is 0 Å². The van der Waals surface area contributed by atoms with Gasteiger partial charge in [0.1, 0.15) is 0 Å². The third-order valence-corrected chi connectivity index (χ3v) is 3.62. The summed E-state index contributed by atoms with van der Waals surface area (Å²) in [6.07, 6.45) is 3.54. The van der Waals surface area contributed by atoms with Crippen LogP contribution in [0.2, 0.25) is 0 Å². The van der Waals surface area contributed by atoms with Crippen molar-refractivity contribution in [3.05, 3.63) is 12.4 Å². The van der Waals surface area contributed by atoms with E-state index in [4.69, 9.17) is 0 Å². The first kappa shape index (κ1) is 11.4. The molecule has 6 heteroatoms. The van der Waals surface area contributed by atoms with E-state index in [0.717, 1.165) is 24.0 Å². The molecule has 1 saturated heterocycles. The summed E-state index contributed by atoms with van der Waals surface area (Å²) in [5.41, 5.74) is 0. The van der Waals surface area contributed by atoms with Gasteiger partial charge in [-0.1, -0.05) is 30.8 Å². The van der Waals surface area contributed by atoms with Crippen LogP contribution in [0.25, 0.3) is 0 Å². The minimum Gasteiger partial charge on any atom is -0.361 e. The molecule has 1 aromatic rings. The molecule has 1 aliphatic heterocycles. The highest BCUT2D eigenvalue weighted by molar-refractivity contribution is 8.14. The first-order valence-corrected chi connectivity index (χ1v) is 6.52. The fraction of sp³-hybridized carbons (Fsp3) is 0.700. The number of hydrogen-bond acceptors (Lipinski definition) is 4. The monoisotopic (exact) mass is 239 g/mol. The van der Waals surface area contributed by atoms with Crippen molar-refractivity contribution in [3.8, 4) is 0 Å². The quantitative estimate of drug-likeness (QED) is 0.851. The lowest BCUT2D eigenvalue weighted by Gasteiger charge is -2.12. The van der Waals surface area contributed by atoms with Crippen LogP contribution in [0.15, 0.2) is 17.4 Å². The van der Waals surface area contributed by atoms with Crippen molar-refractivity contribution in [2.24, 2.45) is 10.9 Å². The zero-order valence-corrected chi connectivity index (χ0v) is 10.4. The highest BCUT2D eigenvalue weighted by atomic mass is 32.2. The van der Waals surface area contributed by atoms with Crippen LogP contribution in [0.5, 0.6) is 0 Å². The lowest BCUT2D eigenvalue weighted by molar-refractivity contribution is 0.502. The van der Waals surface area contributed by atoms with Crippen LogP contribution >= 0.6 is 11.8 Å². The predicted molar refractivity (Wildman–Crippen MR) is 66.5 cm³/mol. The SMILES string of the molecule is CC(C)[C@H]1CSC(=NCCn2ccnn2)N1. The molecule has 1 N–H and O–H groups in total. The molecule has 0 saturated carbocycles. The highest BCUT2D eigenvalue weighted by Gasteiger charge is 2.22. The lowest BCUT2D eigenvalue weighted by atomic mass is 10.1. The summed E-state index contributed by atoms with van der Waals surface area (Å²) in [4.78, 5) is 4.51. The van der Waals surface area contributed by atoms with Gasteiger partial charge in [0.2, 0.25) is 0 Å². The number of amidine groups is 1. The second-order valence-electron chi connectivity index (χ2n) is 4.16. The van der Waals surface area contributed by atoms with Crippen molar-refractivity contribution in [3.63, 3.8) is 0 Å². The topological polar surface area (TPSA) is 55.1 Å². The fourth-order valence-corrected chi connectivity index (χ4v) is 2.69. The van der Waals surface area contributed by atoms with Crippen LogP contribution in [0, 0.1) is 5.92 Å². The Morgan fingerprint density at radius 3 is 3.19 bits per heavy atom. The van der Waals surface area contributed by atoms with Gasteiger partial charge in [-0.25, -0.2) is 0 Å². The van der Waals surface area contributed by atoms with Gasteiger partial charge in [0.05, 0.1) is 19.3 Å². The molecule has 2 rings (SSSR count). The van der Waals surface area contributed by atoms with E-state index in [1.807, 2.05) is 18.0 Å². The number of nitrogens with zero attached hydrogens (tertiary/aromatic N) is 4. The fourth-order valence-electron chi connectivity index (χ4n) is 1.47. The molecule has 0 amide bonds. The smallest absolute Gasteiger partial charge is 0.156 e. The Kier molecular flexibility index (Phi) is 3.82. The normalized spacial score (nSPS) is 22.9. The maximum absolute atomic E-state index is 4.51. The van der Waals surface area contributed by atoms with Gasteiger partial charge in [-0.3, -0.25) is 9.67 Å². The maximum Gasteiger partial charge on any atom is 0.156 e. The van der Waals surface area contributed by atoms with E-state index in [1.165, 1.54) is 0 Å². The Morgan fingerprint density at radius 1 is 1.69 bits per heavy atom. The van der Waals surface area contributed by atoms with Crippen LogP contribution in [0.3, 0.4) is 0 Å². The first-order valence-electron chi connectivity index (χ1n) is 5.53. The van der Waals surface area contributed by atoms with Crippen molar-refractivity contribution in [2.75, 3.05) is 12.3 Å². The molecule has 1 aliphatic rings. The van der Waals surface area contributed by atoms with Crippen molar-refractivity contribution in [2.45, 2.75) is 26.4 Å². The molecular weight excluding hydrogens is 222 g/mol.